The van der Waals surface area contributed by atoms with Gasteiger partial charge in [-0.25, -0.2) is 9.97 Å². The lowest BCUT2D eigenvalue weighted by molar-refractivity contribution is 0.276. The summed E-state index contributed by atoms with van der Waals surface area (Å²) in [5, 5.41) is 21.4. The lowest BCUT2D eigenvalue weighted by atomic mass is 10.1. The summed E-state index contributed by atoms with van der Waals surface area (Å²) < 4.78 is 2.36. The van der Waals surface area contributed by atoms with Crippen LogP contribution in [0.1, 0.15) is 5.69 Å². The van der Waals surface area contributed by atoms with E-state index in [4.69, 9.17) is 21.6 Å². The maximum Gasteiger partial charge on any atom is 0.161 e. The van der Waals surface area contributed by atoms with Gasteiger partial charge in [0.2, 0.25) is 0 Å². The molecule has 0 spiro atoms. The zero-order chi connectivity index (χ0) is 21.8. The average Bonchev–Trinajstić information content (AvgIpc) is 3.57. The number of halogens is 1. The Morgan fingerprint density at radius 1 is 1.06 bits per heavy atom. The van der Waals surface area contributed by atoms with E-state index in [2.05, 4.69) is 25.3 Å². The van der Waals surface area contributed by atoms with Crippen LogP contribution in [-0.2, 0) is 13.7 Å². The summed E-state index contributed by atoms with van der Waals surface area (Å²) in [6.45, 7) is -0.166. The van der Waals surface area contributed by atoms with Crippen molar-refractivity contribution in [1.82, 2.24) is 39.9 Å². The fraction of sp³-hybridized carbons (Fsp3) is 0.0952. The molecule has 6 aromatic rings. The van der Waals surface area contributed by atoms with Crippen LogP contribution in [-0.4, -0.2) is 45.0 Å². The molecule has 11 heteroatoms. The number of nitrogens with one attached hydrogen (secondary N) is 2. The fourth-order valence-corrected chi connectivity index (χ4v) is 4.79. The number of fused-ring (bicyclic) bond motifs is 2. The number of aliphatic hydroxyl groups excluding tert-OH is 1. The highest BCUT2D eigenvalue weighted by atomic mass is 35.5. The molecule has 6 heterocycles. The molecule has 0 fully saturated rings. The lowest BCUT2D eigenvalue weighted by Crippen LogP contribution is -1.92. The third-order valence-corrected chi connectivity index (χ3v) is 6.41. The minimum atomic E-state index is -0.166. The Morgan fingerprint density at radius 2 is 1.94 bits per heavy atom. The van der Waals surface area contributed by atoms with Gasteiger partial charge in [-0.1, -0.05) is 11.6 Å². The van der Waals surface area contributed by atoms with Crippen molar-refractivity contribution in [3.63, 3.8) is 0 Å². The smallest absolute Gasteiger partial charge is 0.161 e. The number of aromatic nitrogens is 8. The van der Waals surface area contributed by atoms with Crippen molar-refractivity contribution in [2.24, 2.45) is 7.05 Å². The molecule has 0 radical (unpaired) electrons. The van der Waals surface area contributed by atoms with Crippen LogP contribution >= 0.6 is 22.9 Å². The molecule has 6 rings (SSSR count). The average molecular weight is 463 g/mol. The molecular weight excluding hydrogens is 448 g/mol. The molecule has 0 unspecified atom stereocenters. The summed E-state index contributed by atoms with van der Waals surface area (Å²) in [6.07, 6.45) is 3.58. The Kier molecular flexibility index (Phi) is 4.32. The number of hydrogen-bond donors (Lipinski definition) is 3. The molecule has 32 heavy (non-hydrogen) atoms. The molecular formula is C21H15ClN8OS. The number of imidazole rings is 1. The molecule has 0 atom stereocenters. The highest BCUT2D eigenvalue weighted by molar-refractivity contribution is 7.19. The van der Waals surface area contributed by atoms with Crippen molar-refractivity contribution in [2.45, 2.75) is 6.61 Å². The quantitative estimate of drug-likeness (QED) is 0.361. The van der Waals surface area contributed by atoms with E-state index in [-0.39, 0.29) is 6.61 Å². The van der Waals surface area contributed by atoms with Gasteiger partial charge in [0.25, 0.3) is 0 Å². The van der Waals surface area contributed by atoms with Crippen LogP contribution in [0.2, 0.25) is 4.34 Å². The summed E-state index contributed by atoms with van der Waals surface area (Å²) in [6, 6.07) is 9.45. The van der Waals surface area contributed by atoms with E-state index < -0.39 is 0 Å². The minimum absolute atomic E-state index is 0.166. The van der Waals surface area contributed by atoms with Gasteiger partial charge in [0, 0.05) is 25.0 Å². The molecule has 6 aromatic heterocycles. The normalized spacial score (nSPS) is 11.7. The van der Waals surface area contributed by atoms with E-state index in [9.17, 15) is 5.11 Å². The van der Waals surface area contributed by atoms with E-state index >= 15 is 0 Å². The van der Waals surface area contributed by atoms with Gasteiger partial charge in [0.15, 0.2) is 11.5 Å². The van der Waals surface area contributed by atoms with E-state index in [1.165, 1.54) is 11.3 Å². The van der Waals surface area contributed by atoms with Crippen LogP contribution in [0.5, 0.6) is 0 Å². The third-order valence-electron chi connectivity index (χ3n) is 5.17. The van der Waals surface area contributed by atoms with Gasteiger partial charge in [-0.2, -0.15) is 10.2 Å². The number of aryl methyl sites for hydroxylation is 1. The standard InChI is InChI=1S/C21H15ClN8OS/c1-30-8-10(14(9-31)29-30)11-2-3-13-18(24-11)20(28-27-13)21-25-12-6-7-23-19(17(12)26-21)15-4-5-16(22)32-15/h2-8,31H,9H2,1H3,(H,25,26)(H,27,28). The molecule has 0 saturated heterocycles. The highest BCUT2D eigenvalue weighted by Gasteiger charge is 2.19. The number of thiophene rings is 1. The Labute approximate surface area is 189 Å². The molecule has 158 valence electrons. The SMILES string of the molecule is Cn1cc(-c2ccc3[nH]nc(-c4nc5c(-c6ccc(Cl)s6)nccc5[nH]4)c3n2)c(CO)n1. The van der Waals surface area contributed by atoms with Crippen molar-refractivity contribution < 1.29 is 5.11 Å². The van der Waals surface area contributed by atoms with Gasteiger partial charge in [0.05, 0.1) is 38.2 Å². The van der Waals surface area contributed by atoms with Crippen molar-refractivity contribution in [3.8, 4) is 33.3 Å². The van der Waals surface area contributed by atoms with Gasteiger partial charge in [-0.05, 0) is 30.3 Å². The first-order valence-electron chi connectivity index (χ1n) is 9.70. The van der Waals surface area contributed by atoms with Gasteiger partial charge >= 0.3 is 0 Å². The number of hydrogen-bond acceptors (Lipinski definition) is 7. The number of aromatic amines is 2. The second-order valence-electron chi connectivity index (χ2n) is 7.23. The van der Waals surface area contributed by atoms with Crippen molar-refractivity contribution in [2.75, 3.05) is 0 Å². The summed E-state index contributed by atoms with van der Waals surface area (Å²) in [4.78, 5) is 18.4. The third kappa shape index (κ3) is 3.00. The van der Waals surface area contributed by atoms with E-state index in [1.807, 2.05) is 43.6 Å². The Balaban J connectivity index is 1.51. The molecule has 0 aliphatic heterocycles. The van der Waals surface area contributed by atoms with E-state index in [1.54, 1.807) is 10.9 Å². The largest absolute Gasteiger partial charge is 0.390 e. The number of pyridine rings is 2. The van der Waals surface area contributed by atoms with Crippen molar-refractivity contribution >= 4 is 45.0 Å². The summed E-state index contributed by atoms with van der Waals surface area (Å²) >= 11 is 7.58. The summed E-state index contributed by atoms with van der Waals surface area (Å²) in [5.74, 6) is 0.585. The first-order chi connectivity index (χ1) is 15.6. The van der Waals surface area contributed by atoms with Gasteiger partial charge in [-0.3, -0.25) is 14.8 Å². The first kappa shape index (κ1) is 19.1. The van der Waals surface area contributed by atoms with Crippen LogP contribution in [0.15, 0.2) is 42.7 Å². The number of rotatable bonds is 4. The summed E-state index contributed by atoms with van der Waals surface area (Å²) in [7, 11) is 1.81. The summed E-state index contributed by atoms with van der Waals surface area (Å²) in [5.41, 5.74) is 6.43. The molecule has 0 aromatic carbocycles. The zero-order valence-corrected chi connectivity index (χ0v) is 18.2. The monoisotopic (exact) mass is 462 g/mol. The topological polar surface area (TPSA) is 121 Å². The Bertz CT molecular complexity index is 1610. The molecule has 0 aliphatic rings. The second kappa shape index (κ2) is 7.23. The molecule has 0 saturated carbocycles. The van der Waals surface area contributed by atoms with Crippen LogP contribution in [0.25, 0.3) is 55.4 Å². The maximum absolute atomic E-state index is 9.65. The molecule has 3 N–H and O–H groups in total. The number of nitrogens with zero attached hydrogens (tertiary/aromatic N) is 6. The number of aliphatic hydroxyl groups is 1. The minimum Gasteiger partial charge on any atom is -0.390 e. The fourth-order valence-electron chi connectivity index (χ4n) is 3.75. The van der Waals surface area contributed by atoms with Crippen molar-refractivity contribution in [1.29, 1.82) is 0 Å². The van der Waals surface area contributed by atoms with E-state index in [0.717, 1.165) is 32.7 Å². The predicted octanol–water partition coefficient (Wildman–Crippen LogP) is 4.17. The van der Waals surface area contributed by atoms with Crippen LogP contribution in [0.3, 0.4) is 0 Å². The number of H-pyrrole nitrogens is 2. The Morgan fingerprint density at radius 3 is 2.75 bits per heavy atom. The van der Waals surface area contributed by atoms with E-state index in [0.29, 0.717) is 32.8 Å². The predicted molar refractivity (Wildman–Crippen MR) is 123 cm³/mol. The van der Waals surface area contributed by atoms with Crippen LogP contribution in [0.4, 0.5) is 0 Å². The molecule has 0 aliphatic carbocycles. The Hall–Kier alpha value is -3.60. The highest BCUT2D eigenvalue weighted by Crippen LogP contribution is 2.35. The molecule has 0 amide bonds. The van der Waals surface area contributed by atoms with Crippen LogP contribution in [0, 0.1) is 0 Å². The first-order valence-corrected chi connectivity index (χ1v) is 10.9. The van der Waals surface area contributed by atoms with Gasteiger partial charge < -0.3 is 10.1 Å². The molecule has 0 bridgehead atoms. The maximum atomic E-state index is 9.65. The zero-order valence-electron chi connectivity index (χ0n) is 16.7. The molecule has 9 nitrogen and oxygen atoms in total. The van der Waals surface area contributed by atoms with Crippen molar-refractivity contribution in [3.05, 3.63) is 52.8 Å². The van der Waals surface area contributed by atoms with Crippen LogP contribution < -0.4 is 0 Å². The lowest BCUT2D eigenvalue weighted by Gasteiger charge is -2.00. The van der Waals surface area contributed by atoms with Gasteiger partial charge in [0.1, 0.15) is 16.7 Å². The van der Waals surface area contributed by atoms with Gasteiger partial charge in [-0.15, -0.1) is 11.3 Å². The second-order valence-corrected chi connectivity index (χ2v) is 8.95.